The zero-order valence-electron chi connectivity index (χ0n) is 29.9. The molecule has 256 valence electrons. The Morgan fingerprint density at radius 1 is 0.259 bits per heavy atom. The van der Waals surface area contributed by atoms with Crippen LogP contribution in [-0.4, -0.2) is 0 Å². The Morgan fingerprint density at radius 3 is 1.04 bits per heavy atom. The molecule has 0 saturated carbocycles. The van der Waals surface area contributed by atoms with Crippen LogP contribution in [0.15, 0.2) is 206 Å². The van der Waals surface area contributed by atoms with Gasteiger partial charge in [-0.05, 0) is 141 Å². The first-order chi connectivity index (χ1) is 26.8. The molecule has 1 aliphatic carbocycles. The highest BCUT2D eigenvalue weighted by Gasteiger charge is 2.23. The Labute approximate surface area is 316 Å². The molecule has 2 nitrogen and oxygen atoms in total. The third-order valence-electron chi connectivity index (χ3n) is 10.9. The van der Waals surface area contributed by atoms with Crippen molar-refractivity contribution < 1.29 is 0 Å². The highest BCUT2D eigenvalue weighted by Crippen LogP contribution is 2.49. The normalized spacial score (nSPS) is 11.9. The molecule has 0 aromatic heterocycles. The molecule has 9 aromatic carbocycles. The van der Waals surface area contributed by atoms with Gasteiger partial charge >= 0.3 is 0 Å². The maximum Gasteiger partial charge on any atom is 0.0468 e. The van der Waals surface area contributed by atoms with Crippen molar-refractivity contribution in [3.63, 3.8) is 0 Å². The van der Waals surface area contributed by atoms with Crippen molar-refractivity contribution in [3.8, 4) is 22.3 Å². The summed E-state index contributed by atoms with van der Waals surface area (Å²) < 4.78 is 0. The summed E-state index contributed by atoms with van der Waals surface area (Å²) in [6.45, 7) is 0. The van der Waals surface area contributed by atoms with Gasteiger partial charge in [0.25, 0.3) is 0 Å². The molecule has 0 unspecified atom stereocenters. The van der Waals surface area contributed by atoms with E-state index in [1.54, 1.807) is 0 Å². The third-order valence-corrected chi connectivity index (χ3v) is 10.9. The van der Waals surface area contributed by atoms with Gasteiger partial charge in [0.1, 0.15) is 0 Å². The van der Waals surface area contributed by atoms with Crippen molar-refractivity contribution in [1.29, 1.82) is 0 Å². The molecular formula is C52H38N2. The summed E-state index contributed by atoms with van der Waals surface area (Å²) in [4.78, 5) is 4.73. The van der Waals surface area contributed by atoms with Crippen LogP contribution in [0.25, 0.3) is 43.8 Å². The molecule has 0 spiro atoms. The molecular weight excluding hydrogens is 653 g/mol. The fraction of sp³-hybridized carbons (Fsp3) is 0.0385. The molecule has 0 heterocycles. The van der Waals surface area contributed by atoms with Gasteiger partial charge in [0.2, 0.25) is 0 Å². The van der Waals surface area contributed by atoms with E-state index in [1.165, 1.54) is 54.9 Å². The van der Waals surface area contributed by atoms with E-state index in [4.69, 9.17) is 0 Å². The number of rotatable bonds is 8. The Hall–Kier alpha value is -6.90. The van der Waals surface area contributed by atoms with E-state index in [0.29, 0.717) is 0 Å². The molecule has 0 N–H and O–H groups in total. The largest absolute Gasteiger partial charge is 0.310 e. The second kappa shape index (κ2) is 13.6. The van der Waals surface area contributed by atoms with E-state index in [-0.39, 0.29) is 0 Å². The standard InChI is InChI=1S/C52H38N2/c1-6-16-38(17-7-1)51-49-35-45(53(41-18-8-2-9-19-41)42-20-10-3-11-21-42)30-32-47(49)48-33-31-46(36-50(48)52(51)40-29-27-37-26-28-39(37)34-40)54(43-22-12-4-13-23-43)44-24-14-5-15-25-44/h1-25,27,29-36H,26,28H2. The number of hydrogen-bond donors (Lipinski definition) is 0. The van der Waals surface area contributed by atoms with Crippen LogP contribution in [0, 0.1) is 0 Å². The number of nitrogens with zero attached hydrogens (tertiary/aromatic N) is 2. The van der Waals surface area contributed by atoms with Crippen molar-refractivity contribution >= 4 is 55.7 Å². The summed E-state index contributed by atoms with van der Waals surface area (Å²) >= 11 is 0. The minimum atomic E-state index is 1.12. The SMILES string of the molecule is c1ccc(-c2c(-c3ccc4c(c3)CC4)c3cc(N(c4ccccc4)c4ccccc4)ccc3c3ccc(N(c4ccccc4)c4ccccc4)cc23)cc1. The summed E-state index contributed by atoms with van der Waals surface area (Å²) in [5, 5.41) is 4.95. The molecule has 54 heavy (non-hydrogen) atoms. The number of fused-ring (bicyclic) bond motifs is 4. The Morgan fingerprint density at radius 2 is 0.648 bits per heavy atom. The lowest BCUT2D eigenvalue weighted by atomic mass is 9.81. The van der Waals surface area contributed by atoms with E-state index >= 15 is 0 Å². The lowest BCUT2D eigenvalue weighted by Gasteiger charge is -2.28. The number of para-hydroxylation sites is 4. The van der Waals surface area contributed by atoms with Crippen molar-refractivity contribution in [1.82, 2.24) is 0 Å². The first-order valence-corrected chi connectivity index (χ1v) is 18.8. The van der Waals surface area contributed by atoms with E-state index in [9.17, 15) is 0 Å². The van der Waals surface area contributed by atoms with E-state index in [1.807, 2.05) is 0 Å². The van der Waals surface area contributed by atoms with Gasteiger partial charge in [0, 0.05) is 34.1 Å². The van der Waals surface area contributed by atoms with Gasteiger partial charge in [-0.1, -0.05) is 133 Å². The summed E-state index contributed by atoms with van der Waals surface area (Å²) in [5.41, 5.74) is 14.7. The summed E-state index contributed by atoms with van der Waals surface area (Å²) in [7, 11) is 0. The van der Waals surface area contributed by atoms with Crippen molar-refractivity contribution in [2.75, 3.05) is 9.80 Å². The predicted octanol–water partition coefficient (Wildman–Crippen LogP) is 14.4. The quantitative estimate of drug-likeness (QED) is 0.146. The molecule has 0 atom stereocenters. The van der Waals surface area contributed by atoms with Crippen LogP contribution in [-0.2, 0) is 12.8 Å². The molecule has 1 aliphatic rings. The number of anilines is 6. The Balaban J connectivity index is 1.30. The van der Waals surface area contributed by atoms with E-state index < -0.39 is 0 Å². The zero-order chi connectivity index (χ0) is 35.8. The van der Waals surface area contributed by atoms with Gasteiger partial charge in [-0.3, -0.25) is 0 Å². The van der Waals surface area contributed by atoms with Crippen LogP contribution in [0.5, 0.6) is 0 Å². The first kappa shape index (κ1) is 31.8. The number of hydrogen-bond acceptors (Lipinski definition) is 2. The Kier molecular flexibility index (Phi) is 8.00. The molecule has 10 rings (SSSR count). The molecule has 0 saturated heterocycles. The lowest BCUT2D eigenvalue weighted by molar-refractivity contribution is 0.840. The van der Waals surface area contributed by atoms with Crippen LogP contribution in [0.1, 0.15) is 11.1 Å². The van der Waals surface area contributed by atoms with Crippen LogP contribution in [0.4, 0.5) is 34.1 Å². The first-order valence-electron chi connectivity index (χ1n) is 18.8. The highest BCUT2D eigenvalue weighted by atomic mass is 15.1. The average molecular weight is 691 g/mol. The fourth-order valence-corrected chi connectivity index (χ4v) is 8.25. The van der Waals surface area contributed by atoms with Crippen molar-refractivity contribution in [2.24, 2.45) is 0 Å². The minimum Gasteiger partial charge on any atom is -0.310 e. The molecule has 0 aliphatic heterocycles. The monoisotopic (exact) mass is 690 g/mol. The molecule has 0 radical (unpaired) electrons. The second-order valence-electron chi connectivity index (χ2n) is 14.1. The minimum absolute atomic E-state index is 1.12. The second-order valence-corrected chi connectivity index (χ2v) is 14.1. The predicted molar refractivity (Wildman–Crippen MR) is 229 cm³/mol. The number of benzene rings is 9. The van der Waals surface area contributed by atoms with Crippen LogP contribution >= 0.6 is 0 Å². The molecule has 0 bridgehead atoms. The van der Waals surface area contributed by atoms with Crippen molar-refractivity contribution in [2.45, 2.75) is 12.8 Å². The Bertz CT molecular complexity index is 2660. The van der Waals surface area contributed by atoms with Gasteiger partial charge in [-0.15, -0.1) is 0 Å². The zero-order valence-corrected chi connectivity index (χ0v) is 29.9. The molecule has 9 aromatic rings. The van der Waals surface area contributed by atoms with Crippen LogP contribution in [0.3, 0.4) is 0 Å². The maximum absolute atomic E-state index is 2.45. The van der Waals surface area contributed by atoms with Gasteiger partial charge in [-0.2, -0.15) is 0 Å². The maximum atomic E-state index is 2.45. The number of aryl methyl sites for hydroxylation is 2. The summed E-state index contributed by atoms with van der Waals surface area (Å²) in [5.74, 6) is 0. The van der Waals surface area contributed by atoms with Gasteiger partial charge in [0.05, 0.1) is 0 Å². The smallest absolute Gasteiger partial charge is 0.0468 e. The fourth-order valence-electron chi connectivity index (χ4n) is 8.25. The topological polar surface area (TPSA) is 6.48 Å². The van der Waals surface area contributed by atoms with E-state index in [2.05, 4.69) is 216 Å². The van der Waals surface area contributed by atoms with Crippen molar-refractivity contribution in [3.05, 3.63) is 217 Å². The third kappa shape index (κ3) is 5.60. The summed E-state index contributed by atoms with van der Waals surface area (Å²) in [6.07, 6.45) is 2.29. The highest BCUT2D eigenvalue weighted by molar-refractivity contribution is 6.23. The average Bonchev–Trinajstić information content (AvgIpc) is 3.23. The van der Waals surface area contributed by atoms with Gasteiger partial charge in [-0.25, -0.2) is 0 Å². The lowest BCUT2D eigenvalue weighted by Crippen LogP contribution is -2.10. The molecule has 2 heteroatoms. The van der Waals surface area contributed by atoms with Gasteiger partial charge in [0.15, 0.2) is 0 Å². The summed E-state index contributed by atoms with van der Waals surface area (Å²) in [6, 6.07) is 75.0. The van der Waals surface area contributed by atoms with E-state index in [0.717, 1.165) is 47.0 Å². The molecule has 0 amide bonds. The van der Waals surface area contributed by atoms with Gasteiger partial charge < -0.3 is 9.80 Å². The van der Waals surface area contributed by atoms with Crippen LogP contribution in [0.2, 0.25) is 0 Å². The van der Waals surface area contributed by atoms with Crippen LogP contribution < -0.4 is 9.80 Å². The molecule has 0 fully saturated rings.